The Morgan fingerprint density at radius 2 is 2.10 bits per heavy atom. The molecule has 0 aliphatic rings. The maximum atomic E-state index is 5.37. The lowest BCUT2D eigenvalue weighted by Gasteiger charge is -2.15. The van der Waals surface area contributed by atoms with Gasteiger partial charge >= 0.3 is 0 Å². The fourth-order valence-corrected chi connectivity index (χ4v) is 2.34. The molecule has 1 aromatic carbocycles. The standard InChI is InChI=1S/C16H23N3O/c1-5-19-11-15(13(3)18-19)12(2)17-10-14-8-6-7-9-16(14)20-4/h6-9,11-12,17H,5,10H2,1-4H3. The molecule has 1 unspecified atom stereocenters. The van der Waals surface area contributed by atoms with Crippen LogP contribution in [0.3, 0.4) is 0 Å². The fraction of sp³-hybridized carbons (Fsp3) is 0.438. The highest BCUT2D eigenvalue weighted by atomic mass is 16.5. The van der Waals surface area contributed by atoms with Gasteiger partial charge in [0.05, 0.1) is 12.8 Å². The molecule has 4 nitrogen and oxygen atoms in total. The van der Waals surface area contributed by atoms with Gasteiger partial charge in [0, 0.05) is 36.5 Å². The van der Waals surface area contributed by atoms with Crippen LogP contribution in [0.2, 0.25) is 0 Å². The van der Waals surface area contributed by atoms with E-state index in [-0.39, 0.29) is 6.04 Å². The van der Waals surface area contributed by atoms with Crippen LogP contribution in [0.4, 0.5) is 0 Å². The maximum Gasteiger partial charge on any atom is 0.123 e. The average molecular weight is 273 g/mol. The summed E-state index contributed by atoms with van der Waals surface area (Å²) < 4.78 is 7.35. The van der Waals surface area contributed by atoms with Crippen molar-refractivity contribution in [1.29, 1.82) is 0 Å². The number of aromatic nitrogens is 2. The Hall–Kier alpha value is -1.81. The number of methoxy groups -OCH3 is 1. The van der Waals surface area contributed by atoms with Gasteiger partial charge in [-0.15, -0.1) is 0 Å². The second-order valence-electron chi connectivity index (χ2n) is 4.94. The number of para-hydroxylation sites is 1. The van der Waals surface area contributed by atoms with Crippen LogP contribution in [-0.2, 0) is 13.1 Å². The Morgan fingerprint density at radius 1 is 1.35 bits per heavy atom. The van der Waals surface area contributed by atoms with E-state index in [4.69, 9.17) is 4.74 Å². The van der Waals surface area contributed by atoms with Gasteiger partial charge in [-0.25, -0.2) is 0 Å². The van der Waals surface area contributed by atoms with Crippen LogP contribution in [0, 0.1) is 6.92 Å². The van der Waals surface area contributed by atoms with Gasteiger partial charge in [0.25, 0.3) is 0 Å². The molecule has 108 valence electrons. The van der Waals surface area contributed by atoms with E-state index < -0.39 is 0 Å². The summed E-state index contributed by atoms with van der Waals surface area (Å²) >= 11 is 0. The number of nitrogens with one attached hydrogen (secondary N) is 1. The minimum Gasteiger partial charge on any atom is -0.496 e. The summed E-state index contributed by atoms with van der Waals surface area (Å²) in [5.74, 6) is 0.924. The molecule has 0 fully saturated rings. The molecule has 1 aromatic heterocycles. The quantitative estimate of drug-likeness (QED) is 0.879. The molecule has 1 atom stereocenters. The first-order valence-corrected chi connectivity index (χ1v) is 7.05. The number of nitrogens with zero attached hydrogens (tertiary/aromatic N) is 2. The summed E-state index contributed by atoms with van der Waals surface area (Å²) in [7, 11) is 1.71. The lowest BCUT2D eigenvalue weighted by molar-refractivity contribution is 0.406. The van der Waals surface area contributed by atoms with E-state index in [0.717, 1.165) is 24.5 Å². The summed E-state index contributed by atoms with van der Waals surface area (Å²) in [4.78, 5) is 0. The SMILES string of the molecule is CCn1cc(C(C)NCc2ccccc2OC)c(C)n1. The van der Waals surface area contributed by atoms with Crippen LogP contribution in [0.25, 0.3) is 0 Å². The second kappa shape index (κ2) is 6.57. The van der Waals surface area contributed by atoms with Gasteiger partial charge in [0.2, 0.25) is 0 Å². The van der Waals surface area contributed by atoms with Crippen molar-refractivity contribution in [2.75, 3.05) is 7.11 Å². The Morgan fingerprint density at radius 3 is 2.75 bits per heavy atom. The monoisotopic (exact) mass is 273 g/mol. The van der Waals surface area contributed by atoms with E-state index in [2.05, 4.69) is 43.4 Å². The molecule has 1 N–H and O–H groups in total. The van der Waals surface area contributed by atoms with Crippen LogP contribution < -0.4 is 10.1 Å². The van der Waals surface area contributed by atoms with Crippen molar-refractivity contribution < 1.29 is 4.74 Å². The third kappa shape index (κ3) is 3.20. The minimum atomic E-state index is 0.264. The number of hydrogen-bond donors (Lipinski definition) is 1. The molecule has 0 aliphatic carbocycles. The van der Waals surface area contributed by atoms with Crippen LogP contribution >= 0.6 is 0 Å². The lowest BCUT2D eigenvalue weighted by atomic mass is 10.1. The first-order chi connectivity index (χ1) is 9.65. The van der Waals surface area contributed by atoms with Gasteiger partial charge in [-0.05, 0) is 26.8 Å². The fourth-order valence-electron chi connectivity index (χ4n) is 2.34. The molecular weight excluding hydrogens is 250 g/mol. The van der Waals surface area contributed by atoms with E-state index in [0.29, 0.717) is 0 Å². The molecule has 2 aromatic rings. The zero-order valence-electron chi connectivity index (χ0n) is 12.7. The summed E-state index contributed by atoms with van der Waals surface area (Å²) in [6, 6.07) is 8.36. The largest absolute Gasteiger partial charge is 0.496 e. The molecule has 2 rings (SSSR count). The van der Waals surface area contributed by atoms with E-state index in [1.807, 2.05) is 22.9 Å². The Kier molecular flexibility index (Phi) is 4.79. The molecule has 0 saturated heterocycles. The zero-order valence-corrected chi connectivity index (χ0v) is 12.7. The summed E-state index contributed by atoms with van der Waals surface area (Å²) in [5.41, 5.74) is 3.51. The predicted molar refractivity (Wildman–Crippen MR) is 80.9 cm³/mol. The summed E-state index contributed by atoms with van der Waals surface area (Å²) in [5, 5.41) is 8.03. The number of rotatable bonds is 6. The highest BCUT2D eigenvalue weighted by Gasteiger charge is 2.12. The van der Waals surface area contributed by atoms with E-state index in [9.17, 15) is 0 Å². The van der Waals surface area contributed by atoms with Crippen LogP contribution in [0.5, 0.6) is 5.75 Å². The molecule has 20 heavy (non-hydrogen) atoms. The first-order valence-electron chi connectivity index (χ1n) is 7.05. The Bertz CT molecular complexity index is 563. The summed E-state index contributed by atoms with van der Waals surface area (Å²) in [6.45, 7) is 8.01. The number of ether oxygens (including phenoxy) is 1. The highest BCUT2D eigenvalue weighted by molar-refractivity contribution is 5.33. The molecule has 0 aliphatic heterocycles. The number of hydrogen-bond acceptors (Lipinski definition) is 3. The highest BCUT2D eigenvalue weighted by Crippen LogP contribution is 2.20. The van der Waals surface area contributed by atoms with Crippen molar-refractivity contribution in [1.82, 2.24) is 15.1 Å². The lowest BCUT2D eigenvalue weighted by Crippen LogP contribution is -2.18. The molecule has 0 amide bonds. The first kappa shape index (κ1) is 14.6. The molecule has 0 bridgehead atoms. The predicted octanol–water partition coefficient (Wildman–Crippen LogP) is 3.07. The molecule has 0 spiro atoms. The van der Waals surface area contributed by atoms with Crippen LogP contribution in [-0.4, -0.2) is 16.9 Å². The topological polar surface area (TPSA) is 39.1 Å². The van der Waals surface area contributed by atoms with Crippen molar-refractivity contribution in [3.63, 3.8) is 0 Å². The van der Waals surface area contributed by atoms with Gasteiger partial charge in [-0.2, -0.15) is 5.10 Å². The van der Waals surface area contributed by atoms with Crippen molar-refractivity contribution in [2.45, 2.75) is 39.9 Å². The minimum absolute atomic E-state index is 0.264. The van der Waals surface area contributed by atoms with E-state index >= 15 is 0 Å². The molecule has 4 heteroatoms. The van der Waals surface area contributed by atoms with Crippen LogP contribution in [0.1, 0.15) is 36.7 Å². The van der Waals surface area contributed by atoms with Gasteiger partial charge in [-0.1, -0.05) is 18.2 Å². The van der Waals surface area contributed by atoms with E-state index in [1.54, 1.807) is 7.11 Å². The van der Waals surface area contributed by atoms with Crippen molar-refractivity contribution in [3.05, 3.63) is 47.3 Å². The van der Waals surface area contributed by atoms with Crippen molar-refractivity contribution in [2.24, 2.45) is 0 Å². The van der Waals surface area contributed by atoms with E-state index in [1.165, 1.54) is 11.1 Å². The zero-order chi connectivity index (χ0) is 14.5. The van der Waals surface area contributed by atoms with Gasteiger partial charge in [0.15, 0.2) is 0 Å². The molecule has 0 radical (unpaired) electrons. The van der Waals surface area contributed by atoms with Crippen LogP contribution in [0.15, 0.2) is 30.5 Å². The third-order valence-electron chi connectivity index (χ3n) is 3.57. The van der Waals surface area contributed by atoms with Crippen molar-refractivity contribution >= 4 is 0 Å². The van der Waals surface area contributed by atoms with Gasteiger partial charge in [-0.3, -0.25) is 4.68 Å². The van der Waals surface area contributed by atoms with Gasteiger partial charge in [0.1, 0.15) is 5.75 Å². The molecule has 1 heterocycles. The number of aryl methyl sites for hydroxylation is 2. The molecule has 0 saturated carbocycles. The van der Waals surface area contributed by atoms with Crippen molar-refractivity contribution in [3.8, 4) is 5.75 Å². The normalized spacial score (nSPS) is 12.4. The van der Waals surface area contributed by atoms with Gasteiger partial charge < -0.3 is 10.1 Å². The second-order valence-corrected chi connectivity index (χ2v) is 4.94. The smallest absolute Gasteiger partial charge is 0.123 e. The third-order valence-corrected chi connectivity index (χ3v) is 3.57. The number of benzene rings is 1. The average Bonchev–Trinajstić information content (AvgIpc) is 2.86. The molecular formula is C16H23N3O. The Labute approximate surface area is 120 Å². The Balaban J connectivity index is 2.04. The summed E-state index contributed by atoms with van der Waals surface area (Å²) in [6.07, 6.45) is 2.12. The maximum absolute atomic E-state index is 5.37.